The van der Waals surface area contributed by atoms with Crippen LogP contribution >= 0.6 is 0 Å². The van der Waals surface area contributed by atoms with Crippen LogP contribution in [0.1, 0.15) is 17.4 Å². The first-order valence-corrected chi connectivity index (χ1v) is 7.96. The Morgan fingerprint density at radius 2 is 1.63 bits per heavy atom. The standard InChI is InChI=1S/C19H15F3N2O3/c1-12-16(15(23-27-12)13-8-4-2-5-9-13)24(18(25)26)17(19(20,21)22)14-10-6-3-7-11-14/h2-11,17H,1H3,(H,25,26). The van der Waals surface area contributed by atoms with E-state index in [4.69, 9.17) is 4.52 Å². The largest absolute Gasteiger partial charge is 0.465 e. The third-order valence-electron chi connectivity index (χ3n) is 4.01. The normalized spacial score (nSPS) is 12.6. The molecule has 0 saturated heterocycles. The van der Waals surface area contributed by atoms with Crippen molar-refractivity contribution in [2.45, 2.75) is 19.1 Å². The number of aromatic nitrogens is 1. The molecule has 1 atom stereocenters. The van der Waals surface area contributed by atoms with E-state index in [1.807, 2.05) is 0 Å². The number of benzene rings is 2. The molecule has 1 amide bonds. The molecule has 0 spiro atoms. The number of halogens is 3. The molecule has 0 radical (unpaired) electrons. The highest BCUT2D eigenvalue weighted by atomic mass is 19.4. The molecular formula is C19H15F3N2O3. The fourth-order valence-electron chi connectivity index (χ4n) is 2.89. The minimum Gasteiger partial charge on any atom is -0.465 e. The van der Waals surface area contributed by atoms with E-state index in [0.717, 1.165) is 0 Å². The highest BCUT2D eigenvalue weighted by Crippen LogP contribution is 2.44. The number of carboxylic acid groups (broad SMARTS) is 1. The van der Waals surface area contributed by atoms with Crippen LogP contribution in [0.4, 0.5) is 23.7 Å². The van der Waals surface area contributed by atoms with Crippen molar-refractivity contribution in [1.29, 1.82) is 0 Å². The van der Waals surface area contributed by atoms with Gasteiger partial charge in [0.25, 0.3) is 0 Å². The van der Waals surface area contributed by atoms with Gasteiger partial charge in [-0.2, -0.15) is 13.2 Å². The lowest BCUT2D eigenvalue weighted by Crippen LogP contribution is -2.42. The molecule has 3 rings (SSSR count). The summed E-state index contributed by atoms with van der Waals surface area (Å²) in [7, 11) is 0. The van der Waals surface area contributed by atoms with Crippen molar-refractivity contribution in [3.05, 3.63) is 72.0 Å². The number of hydrogen-bond donors (Lipinski definition) is 1. The van der Waals surface area contributed by atoms with Crippen molar-refractivity contribution in [3.63, 3.8) is 0 Å². The lowest BCUT2D eigenvalue weighted by molar-refractivity contribution is -0.149. The molecule has 0 aliphatic rings. The summed E-state index contributed by atoms with van der Waals surface area (Å²) < 4.78 is 46.8. The van der Waals surface area contributed by atoms with Crippen LogP contribution in [-0.4, -0.2) is 22.5 Å². The molecule has 0 aliphatic heterocycles. The van der Waals surface area contributed by atoms with Gasteiger partial charge in [0, 0.05) is 5.56 Å². The predicted molar refractivity (Wildman–Crippen MR) is 92.4 cm³/mol. The topological polar surface area (TPSA) is 66.6 Å². The molecule has 1 aromatic heterocycles. The van der Waals surface area contributed by atoms with E-state index in [9.17, 15) is 23.1 Å². The van der Waals surface area contributed by atoms with Crippen molar-refractivity contribution in [3.8, 4) is 11.3 Å². The minimum absolute atomic E-state index is 0.0264. The van der Waals surface area contributed by atoms with Gasteiger partial charge in [-0.25, -0.2) is 4.79 Å². The first kappa shape index (κ1) is 18.5. The first-order valence-electron chi connectivity index (χ1n) is 7.96. The van der Waals surface area contributed by atoms with E-state index in [2.05, 4.69) is 5.16 Å². The molecule has 0 fully saturated rings. The van der Waals surface area contributed by atoms with Crippen molar-refractivity contribution in [2.75, 3.05) is 4.90 Å². The average molecular weight is 376 g/mol. The van der Waals surface area contributed by atoms with Crippen LogP contribution in [0.2, 0.25) is 0 Å². The quantitative estimate of drug-likeness (QED) is 0.659. The van der Waals surface area contributed by atoms with Gasteiger partial charge in [0.15, 0.2) is 11.8 Å². The fraction of sp³-hybridized carbons (Fsp3) is 0.158. The molecule has 1 N–H and O–H groups in total. The van der Waals surface area contributed by atoms with Crippen LogP contribution in [0, 0.1) is 6.92 Å². The predicted octanol–water partition coefficient (Wildman–Crippen LogP) is 5.44. The molecular weight excluding hydrogens is 361 g/mol. The Balaban J connectivity index is 2.22. The van der Waals surface area contributed by atoms with Crippen molar-refractivity contribution in [1.82, 2.24) is 5.16 Å². The second kappa shape index (κ2) is 7.14. The van der Waals surface area contributed by atoms with Crippen LogP contribution in [0.5, 0.6) is 0 Å². The second-order valence-electron chi connectivity index (χ2n) is 5.81. The van der Waals surface area contributed by atoms with Gasteiger partial charge in [-0.1, -0.05) is 65.8 Å². The zero-order chi connectivity index (χ0) is 19.6. The van der Waals surface area contributed by atoms with E-state index in [1.54, 1.807) is 36.4 Å². The zero-order valence-corrected chi connectivity index (χ0v) is 14.1. The Labute approximate surface area is 152 Å². The molecule has 140 valence electrons. The molecule has 8 heteroatoms. The van der Waals surface area contributed by atoms with Gasteiger partial charge < -0.3 is 9.63 Å². The minimum atomic E-state index is -4.85. The van der Waals surface area contributed by atoms with Crippen LogP contribution in [0.15, 0.2) is 65.2 Å². The van der Waals surface area contributed by atoms with E-state index >= 15 is 0 Å². The maximum atomic E-state index is 13.9. The SMILES string of the molecule is Cc1onc(-c2ccccc2)c1N(C(=O)O)C(c1ccccc1)C(F)(F)F. The maximum absolute atomic E-state index is 13.9. The Morgan fingerprint density at radius 1 is 1.07 bits per heavy atom. The number of aryl methyl sites for hydroxylation is 1. The first-order chi connectivity index (χ1) is 12.8. The maximum Gasteiger partial charge on any atom is 0.413 e. The fourth-order valence-corrected chi connectivity index (χ4v) is 2.89. The van der Waals surface area contributed by atoms with Gasteiger partial charge in [0.2, 0.25) is 0 Å². The Hall–Kier alpha value is -3.29. The summed E-state index contributed by atoms with van der Waals surface area (Å²) in [6.07, 6.45) is -6.61. The summed E-state index contributed by atoms with van der Waals surface area (Å²) in [5, 5.41) is 13.5. The molecule has 0 aliphatic carbocycles. The molecule has 1 unspecified atom stereocenters. The van der Waals surface area contributed by atoms with Crippen LogP contribution in [-0.2, 0) is 0 Å². The van der Waals surface area contributed by atoms with Crippen molar-refractivity contribution >= 4 is 11.8 Å². The monoisotopic (exact) mass is 376 g/mol. The summed E-state index contributed by atoms with van der Waals surface area (Å²) in [6, 6.07) is 12.8. The number of nitrogens with zero attached hydrogens (tertiary/aromatic N) is 2. The number of amides is 1. The summed E-state index contributed by atoms with van der Waals surface area (Å²) in [6.45, 7) is 1.38. The summed E-state index contributed by atoms with van der Waals surface area (Å²) in [4.78, 5) is 12.2. The van der Waals surface area contributed by atoms with Gasteiger partial charge in [0.1, 0.15) is 11.4 Å². The summed E-state index contributed by atoms with van der Waals surface area (Å²) >= 11 is 0. The third kappa shape index (κ3) is 3.64. The highest BCUT2D eigenvalue weighted by Gasteiger charge is 2.49. The number of carbonyl (C=O) groups is 1. The molecule has 2 aromatic carbocycles. The number of anilines is 1. The molecule has 5 nitrogen and oxygen atoms in total. The van der Waals surface area contributed by atoms with E-state index in [0.29, 0.717) is 5.56 Å². The van der Waals surface area contributed by atoms with Gasteiger partial charge in [-0.05, 0) is 12.5 Å². The second-order valence-corrected chi connectivity index (χ2v) is 5.81. The van der Waals surface area contributed by atoms with Crippen molar-refractivity contribution in [2.24, 2.45) is 0 Å². The molecule has 3 aromatic rings. The highest BCUT2D eigenvalue weighted by molar-refractivity contribution is 5.93. The molecule has 0 saturated carbocycles. The van der Waals surface area contributed by atoms with Crippen molar-refractivity contribution < 1.29 is 27.6 Å². The zero-order valence-electron chi connectivity index (χ0n) is 14.1. The summed E-state index contributed by atoms with van der Waals surface area (Å²) in [5.41, 5.74) is 0.0390. The third-order valence-corrected chi connectivity index (χ3v) is 4.01. The molecule has 0 bridgehead atoms. The number of rotatable bonds is 4. The van der Waals surface area contributed by atoms with Gasteiger partial charge in [-0.3, -0.25) is 4.90 Å². The Bertz CT molecular complexity index is 924. The molecule has 27 heavy (non-hydrogen) atoms. The number of hydrogen-bond acceptors (Lipinski definition) is 3. The lowest BCUT2D eigenvalue weighted by Gasteiger charge is -2.31. The van der Waals surface area contributed by atoms with Crippen LogP contribution in [0.25, 0.3) is 11.3 Å². The van der Waals surface area contributed by atoms with Gasteiger partial charge in [0.05, 0.1) is 0 Å². The molecule has 1 heterocycles. The van der Waals surface area contributed by atoms with Crippen LogP contribution in [0.3, 0.4) is 0 Å². The Kier molecular flexibility index (Phi) is 4.89. The smallest absolute Gasteiger partial charge is 0.413 e. The summed E-state index contributed by atoms with van der Waals surface area (Å²) in [5.74, 6) is -0.0264. The number of alkyl halides is 3. The van der Waals surface area contributed by atoms with Gasteiger partial charge >= 0.3 is 12.3 Å². The van der Waals surface area contributed by atoms with Crippen LogP contribution < -0.4 is 4.90 Å². The average Bonchev–Trinajstić information content (AvgIpc) is 3.01. The lowest BCUT2D eigenvalue weighted by atomic mass is 10.0. The van der Waals surface area contributed by atoms with Gasteiger partial charge in [-0.15, -0.1) is 0 Å². The van der Waals surface area contributed by atoms with E-state index in [-0.39, 0.29) is 27.6 Å². The van der Waals surface area contributed by atoms with E-state index in [1.165, 1.54) is 31.2 Å². The Morgan fingerprint density at radius 3 is 2.15 bits per heavy atom. The van der Waals surface area contributed by atoms with E-state index < -0.39 is 18.3 Å².